The Labute approximate surface area is 242 Å². The lowest BCUT2D eigenvalue weighted by Gasteiger charge is -2.32. The minimum absolute atomic E-state index is 0.0456. The summed E-state index contributed by atoms with van der Waals surface area (Å²) < 4.78 is 41.3. The molecule has 10 heteroatoms. The predicted molar refractivity (Wildman–Crippen MR) is 155 cm³/mol. The van der Waals surface area contributed by atoms with Crippen molar-refractivity contribution in [2.45, 2.75) is 80.9 Å². The molecule has 1 amide bonds. The van der Waals surface area contributed by atoms with Gasteiger partial charge in [-0.05, 0) is 80.1 Å². The van der Waals surface area contributed by atoms with Gasteiger partial charge in [0, 0.05) is 43.0 Å². The number of carbonyl (C=O) groups excluding carboxylic acids is 1. The summed E-state index contributed by atoms with van der Waals surface area (Å²) in [6.07, 6.45) is 7.83. The Kier molecular flexibility index (Phi) is 9.56. The van der Waals surface area contributed by atoms with E-state index in [9.17, 15) is 13.2 Å². The van der Waals surface area contributed by atoms with E-state index in [1.165, 1.54) is 36.4 Å². The van der Waals surface area contributed by atoms with Crippen molar-refractivity contribution in [2.75, 3.05) is 26.2 Å². The highest BCUT2D eigenvalue weighted by Crippen LogP contribution is 2.32. The molecule has 2 aromatic rings. The van der Waals surface area contributed by atoms with E-state index >= 15 is 0 Å². The third-order valence-electron chi connectivity index (χ3n) is 8.39. The van der Waals surface area contributed by atoms with Gasteiger partial charge in [-0.15, -0.1) is 0 Å². The molecule has 0 unspecified atom stereocenters. The summed E-state index contributed by atoms with van der Waals surface area (Å²) in [6.45, 7) is 2.03. The van der Waals surface area contributed by atoms with Gasteiger partial charge in [-0.1, -0.05) is 30.9 Å². The lowest BCUT2D eigenvalue weighted by atomic mass is 9.90. The van der Waals surface area contributed by atoms with Gasteiger partial charge in [0.1, 0.15) is 17.6 Å². The maximum absolute atomic E-state index is 13.9. The number of likely N-dealkylation sites (tertiary alicyclic amines) is 1. The fraction of sp³-hybridized carbons (Fsp3) is 0.567. The minimum Gasteiger partial charge on any atom is -0.493 e. The predicted octanol–water partition coefficient (Wildman–Crippen LogP) is 4.85. The van der Waals surface area contributed by atoms with Crippen molar-refractivity contribution in [3.05, 3.63) is 53.6 Å². The maximum atomic E-state index is 13.9. The summed E-state index contributed by atoms with van der Waals surface area (Å²) in [5, 5.41) is 0.596. The second-order valence-electron chi connectivity index (χ2n) is 11.4. The number of nitrogens with zero attached hydrogens (tertiary/aromatic N) is 2. The second-order valence-corrected chi connectivity index (χ2v) is 13.7. The molecule has 2 heterocycles. The molecule has 5 rings (SSSR count). The van der Waals surface area contributed by atoms with Gasteiger partial charge in [-0.2, -0.15) is 4.31 Å². The van der Waals surface area contributed by atoms with E-state index in [-0.39, 0.29) is 35.9 Å². The number of amides is 1. The number of sulfonamides is 1. The van der Waals surface area contributed by atoms with E-state index in [2.05, 4.69) is 0 Å². The molecule has 40 heavy (non-hydrogen) atoms. The zero-order valence-corrected chi connectivity index (χ0v) is 24.5. The third-order valence-corrected chi connectivity index (χ3v) is 10.6. The van der Waals surface area contributed by atoms with E-state index in [0.29, 0.717) is 48.6 Å². The Bertz CT molecular complexity index is 1230. The van der Waals surface area contributed by atoms with Crippen molar-refractivity contribution in [3.63, 3.8) is 0 Å². The summed E-state index contributed by atoms with van der Waals surface area (Å²) in [5.74, 6) is 1.80. The number of nitrogens with two attached hydrogens (primary N) is 1. The fourth-order valence-corrected chi connectivity index (χ4v) is 7.80. The highest BCUT2D eigenvalue weighted by molar-refractivity contribution is 7.89. The lowest BCUT2D eigenvalue weighted by Crippen LogP contribution is -2.45. The van der Waals surface area contributed by atoms with Crippen LogP contribution < -0.4 is 15.2 Å². The molecule has 2 aromatic carbocycles. The molecule has 1 aliphatic carbocycles. The molecule has 218 valence electrons. The van der Waals surface area contributed by atoms with Gasteiger partial charge in [0.15, 0.2) is 0 Å². The van der Waals surface area contributed by atoms with Gasteiger partial charge in [0.05, 0.1) is 18.0 Å². The third kappa shape index (κ3) is 7.29. The molecule has 2 N–H and O–H groups in total. The van der Waals surface area contributed by atoms with Crippen LogP contribution in [0.4, 0.5) is 0 Å². The van der Waals surface area contributed by atoms with Crippen LogP contribution in [0.2, 0.25) is 5.02 Å². The molecular formula is C30H40ClN3O5S. The largest absolute Gasteiger partial charge is 0.493 e. The highest BCUT2D eigenvalue weighted by Gasteiger charge is 2.43. The van der Waals surface area contributed by atoms with Crippen LogP contribution in [0.5, 0.6) is 11.5 Å². The summed E-state index contributed by atoms with van der Waals surface area (Å²) >= 11 is 6.01. The van der Waals surface area contributed by atoms with Crippen LogP contribution in [0.25, 0.3) is 0 Å². The molecular weight excluding hydrogens is 550 g/mol. The first-order chi connectivity index (χ1) is 19.3. The molecule has 3 fully saturated rings. The van der Waals surface area contributed by atoms with Crippen LogP contribution in [0, 0.1) is 5.92 Å². The average Bonchev–Trinajstić information content (AvgIpc) is 3.37. The van der Waals surface area contributed by atoms with Gasteiger partial charge in [-0.3, -0.25) is 4.79 Å². The van der Waals surface area contributed by atoms with E-state index in [0.717, 1.165) is 12.8 Å². The van der Waals surface area contributed by atoms with Gasteiger partial charge in [-0.25, -0.2) is 8.42 Å². The van der Waals surface area contributed by atoms with Gasteiger partial charge in [0.2, 0.25) is 15.9 Å². The summed E-state index contributed by atoms with van der Waals surface area (Å²) in [4.78, 5) is 15.2. The summed E-state index contributed by atoms with van der Waals surface area (Å²) in [5.41, 5.74) is 6.01. The molecule has 0 radical (unpaired) electrons. The number of hydrogen-bond acceptors (Lipinski definition) is 6. The SMILES string of the molecule is NC1CCN(C(=O)C[C@@H]2C[C@H](Oc3ccc(Cl)cc3)CN2S(=O)(=O)c2ccc(OCC3CCCCC3)cc2)CC1. The lowest BCUT2D eigenvalue weighted by molar-refractivity contribution is -0.133. The van der Waals surface area contributed by atoms with Crippen LogP contribution in [0.15, 0.2) is 53.4 Å². The molecule has 0 bridgehead atoms. The Balaban J connectivity index is 1.29. The standard InChI is InChI=1S/C30H40ClN3O5S/c31-23-6-8-27(9-7-23)39-28-18-25(19-30(35)33-16-14-24(32)15-17-33)34(20-28)40(36,37)29-12-10-26(11-13-29)38-21-22-4-2-1-3-5-22/h6-13,22,24-25,28H,1-5,14-21,32H2/t25-,28-/m0/s1. The Morgan fingerprint density at radius 2 is 1.57 bits per heavy atom. The van der Waals surface area contributed by atoms with Crippen molar-refractivity contribution in [2.24, 2.45) is 11.7 Å². The topological polar surface area (TPSA) is 102 Å². The normalized spacial score (nSPS) is 23.3. The van der Waals surface area contributed by atoms with Crippen molar-refractivity contribution in [1.82, 2.24) is 9.21 Å². The van der Waals surface area contributed by atoms with Crippen LogP contribution in [-0.2, 0) is 14.8 Å². The van der Waals surface area contributed by atoms with Gasteiger partial charge >= 0.3 is 0 Å². The molecule has 8 nitrogen and oxygen atoms in total. The summed E-state index contributed by atoms with van der Waals surface area (Å²) in [6, 6.07) is 13.3. The van der Waals surface area contributed by atoms with Crippen molar-refractivity contribution in [3.8, 4) is 11.5 Å². The molecule has 2 atom stereocenters. The van der Waals surface area contributed by atoms with Crippen molar-refractivity contribution >= 4 is 27.5 Å². The number of rotatable bonds is 9. The van der Waals surface area contributed by atoms with Crippen LogP contribution in [0.1, 0.15) is 57.8 Å². The van der Waals surface area contributed by atoms with E-state index in [1.807, 2.05) is 0 Å². The monoisotopic (exact) mass is 589 g/mol. The van der Waals surface area contributed by atoms with Gasteiger partial charge < -0.3 is 20.1 Å². The highest BCUT2D eigenvalue weighted by atomic mass is 35.5. The number of halogens is 1. The maximum Gasteiger partial charge on any atom is 0.243 e. The van der Waals surface area contributed by atoms with E-state index in [1.54, 1.807) is 53.4 Å². The molecule has 2 aliphatic heterocycles. The van der Waals surface area contributed by atoms with Crippen LogP contribution >= 0.6 is 11.6 Å². The first-order valence-corrected chi connectivity index (χ1v) is 16.3. The van der Waals surface area contributed by atoms with Crippen molar-refractivity contribution in [1.29, 1.82) is 0 Å². The molecule has 0 spiro atoms. The van der Waals surface area contributed by atoms with Crippen LogP contribution in [0.3, 0.4) is 0 Å². The summed E-state index contributed by atoms with van der Waals surface area (Å²) in [7, 11) is -3.87. The fourth-order valence-electron chi connectivity index (χ4n) is 6.01. The zero-order chi connectivity index (χ0) is 28.1. The first-order valence-electron chi connectivity index (χ1n) is 14.5. The average molecular weight is 590 g/mol. The number of benzene rings is 2. The van der Waals surface area contributed by atoms with Crippen LogP contribution in [-0.4, -0.2) is 68.0 Å². The molecule has 0 aromatic heterocycles. The first kappa shape index (κ1) is 29.2. The Morgan fingerprint density at radius 3 is 2.25 bits per heavy atom. The minimum atomic E-state index is -3.87. The van der Waals surface area contributed by atoms with E-state index < -0.39 is 16.1 Å². The molecule has 3 aliphatic rings. The second kappa shape index (κ2) is 13.1. The van der Waals surface area contributed by atoms with Crippen molar-refractivity contribution < 1.29 is 22.7 Å². The quantitative estimate of drug-likeness (QED) is 0.449. The number of hydrogen-bond donors (Lipinski definition) is 1. The Hall–Kier alpha value is -2.33. The number of piperidine rings is 1. The smallest absolute Gasteiger partial charge is 0.243 e. The molecule has 1 saturated carbocycles. The zero-order valence-electron chi connectivity index (χ0n) is 22.9. The molecule has 2 saturated heterocycles. The number of ether oxygens (including phenoxy) is 2. The Morgan fingerprint density at radius 1 is 0.925 bits per heavy atom. The van der Waals surface area contributed by atoms with E-state index in [4.69, 9.17) is 26.8 Å². The number of carbonyl (C=O) groups is 1. The van der Waals surface area contributed by atoms with Gasteiger partial charge in [0.25, 0.3) is 0 Å².